The first kappa shape index (κ1) is 33.8. The van der Waals surface area contributed by atoms with Crippen molar-refractivity contribution in [2.24, 2.45) is 0 Å². The first-order valence-electron chi connectivity index (χ1n) is 14.7. The van der Waals surface area contributed by atoms with Gasteiger partial charge in [0, 0.05) is 6.61 Å². The number of fused-ring (bicyclic) bond motifs is 1. The van der Waals surface area contributed by atoms with E-state index in [4.69, 9.17) is 24.3 Å². The number of aliphatic hydroxyl groups is 2. The molecule has 0 saturated carbocycles. The molecule has 1 unspecified atom stereocenters. The van der Waals surface area contributed by atoms with Gasteiger partial charge in [0.2, 0.25) is 0 Å². The summed E-state index contributed by atoms with van der Waals surface area (Å²) >= 11 is 0. The van der Waals surface area contributed by atoms with Gasteiger partial charge in [-0.25, -0.2) is 14.1 Å². The summed E-state index contributed by atoms with van der Waals surface area (Å²) in [5.41, 5.74) is 4.15. The molecule has 42 heavy (non-hydrogen) atoms. The average molecular weight is 610 g/mol. The molecule has 2 aromatic rings. The third-order valence-electron chi connectivity index (χ3n) is 7.24. The number of phosphoric ester groups is 1. The van der Waals surface area contributed by atoms with Gasteiger partial charge in [-0.05, 0) is 18.6 Å². The Balaban J connectivity index is 1.34. The van der Waals surface area contributed by atoms with Crippen molar-refractivity contribution >= 4 is 19.2 Å². The van der Waals surface area contributed by atoms with E-state index in [9.17, 15) is 24.9 Å². The smallest absolute Gasteiger partial charge is 0.462 e. The van der Waals surface area contributed by atoms with Crippen LogP contribution in [0.3, 0.4) is 0 Å². The summed E-state index contributed by atoms with van der Waals surface area (Å²) in [6.07, 6.45) is 13.3. The van der Waals surface area contributed by atoms with Crippen molar-refractivity contribution < 1.29 is 38.2 Å². The van der Waals surface area contributed by atoms with Crippen LogP contribution in [-0.2, 0) is 28.7 Å². The Hall–Kier alpha value is -2.72. The predicted octanol–water partition coefficient (Wildman–Crippen LogP) is 4.48. The maximum Gasteiger partial charge on any atom is 0.527 e. The molecule has 0 aliphatic carbocycles. The van der Waals surface area contributed by atoms with E-state index < -0.39 is 31.4 Å². The molecule has 0 bridgehead atoms. The van der Waals surface area contributed by atoms with Gasteiger partial charge in [0.05, 0.1) is 13.2 Å². The van der Waals surface area contributed by atoms with Crippen molar-refractivity contribution in [3.8, 4) is 6.07 Å². The first-order chi connectivity index (χ1) is 20.3. The number of nitriles is 1. The predicted molar refractivity (Wildman–Crippen MR) is 155 cm³/mol. The minimum Gasteiger partial charge on any atom is -0.462 e. The number of aromatic nitrogens is 3. The normalized spacial score (nSPS) is 22.7. The zero-order chi connectivity index (χ0) is 30.4. The lowest BCUT2D eigenvalue weighted by molar-refractivity contribution is -0.0253. The van der Waals surface area contributed by atoms with Crippen molar-refractivity contribution in [2.75, 3.05) is 25.6 Å². The molecule has 14 heteroatoms. The van der Waals surface area contributed by atoms with Crippen molar-refractivity contribution in [3.05, 3.63) is 36.2 Å². The molecule has 4 atom stereocenters. The van der Waals surface area contributed by atoms with Gasteiger partial charge in [0.25, 0.3) is 5.60 Å². The highest BCUT2D eigenvalue weighted by Gasteiger charge is 2.56. The van der Waals surface area contributed by atoms with Crippen LogP contribution in [0.1, 0.15) is 89.7 Å². The Kier molecular flexibility index (Phi) is 13.5. The molecule has 0 aromatic carbocycles. The van der Waals surface area contributed by atoms with Crippen molar-refractivity contribution in [1.82, 2.24) is 14.6 Å². The number of nitrogens with two attached hydrogens (primary N) is 1. The number of unbranched alkanes of at least 4 members (excludes halogenated alkanes) is 11. The topological polar surface area (TPSA) is 195 Å². The number of nitrogen functional groups attached to an aromatic ring is 1. The summed E-state index contributed by atoms with van der Waals surface area (Å²) in [7, 11) is -4.59. The van der Waals surface area contributed by atoms with Crippen molar-refractivity contribution in [2.45, 2.75) is 102 Å². The SMILES string of the molecule is CCCCCCCCCCCCCCOCCOP(=O)(O)O/C=C1/O[C@@](C#N)(c2ccc3c(N)ncnn23)[C@H](O)[C@@H]1O. The summed E-state index contributed by atoms with van der Waals surface area (Å²) in [5, 5.41) is 35.2. The Morgan fingerprint density at radius 1 is 1.07 bits per heavy atom. The molecular formula is C28H44N5O8P. The van der Waals surface area contributed by atoms with Gasteiger partial charge in [-0.2, -0.15) is 10.4 Å². The molecule has 0 spiro atoms. The number of anilines is 1. The van der Waals surface area contributed by atoms with E-state index in [0.29, 0.717) is 18.4 Å². The summed E-state index contributed by atoms with van der Waals surface area (Å²) in [4.78, 5) is 13.9. The molecule has 234 valence electrons. The Morgan fingerprint density at radius 3 is 2.36 bits per heavy atom. The summed E-state index contributed by atoms with van der Waals surface area (Å²) in [6.45, 7) is 2.67. The molecule has 0 radical (unpaired) electrons. The monoisotopic (exact) mass is 609 g/mol. The van der Waals surface area contributed by atoms with Crippen LogP contribution >= 0.6 is 7.82 Å². The standard InChI is InChI=1S/C28H44N5O8P/c1-2-3-4-5-6-7-8-9-10-11-12-13-16-38-17-18-39-42(36,37)40-19-23-25(34)26(35)28(20-29,41-23)24-15-14-22-27(30)31-21-32-33(22)24/h14-15,19,21,25-26,34-35H,2-13,16-18H2,1H3,(H,36,37)(H2,30,31,32)/b23-19+/t25-,26-,28+/m1/s1. The van der Waals surface area contributed by atoms with Crippen LogP contribution in [0.25, 0.3) is 5.52 Å². The first-order valence-corrected chi connectivity index (χ1v) is 16.2. The summed E-state index contributed by atoms with van der Waals surface area (Å²) in [6, 6.07) is 4.83. The third kappa shape index (κ3) is 9.14. The van der Waals surface area contributed by atoms with Gasteiger partial charge in [-0.3, -0.25) is 9.42 Å². The molecule has 5 N–H and O–H groups in total. The quantitative estimate of drug-likeness (QED) is 0.0935. The van der Waals surface area contributed by atoms with Crippen LogP contribution in [0.2, 0.25) is 0 Å². The zero-order valence-corrected chi connectivity index (χ0v) is 25.2. The highest BCUT2D eigenvalue weighted by atomic mass is 31.2. The number of ether oxygens (including phenoxy) is 2. The second-order valence-corrected chi connectivity index (χ2v) is 11.8. The molecule has 3 heterocycles. The molecule has 0 amide bonds. The van der Waals surface area contributed by atoms with E-state index in [1.165, 1.54) is 80.9 Å². The van der Waals surface area contributed by atoms with E-state index in [1.807, 2.05) is 6.07 Å². The molecule has 13 nitrogen and oxygen atoms in total. The molecule has 1 saturated heterocycles. The number of nitrogens with zero attached hydrogens (tertiary/aromatic N) is 4. The highest BCUT2D eigenvalue weighted by molar-refractivity contribution is 7.47. The lowest BCUT2D eigenvalue weighted by Crippen LogP contribution is -2.40. The highest BCUT2D eigenvalue weighted by Crippen LogP contribution is 2.46. The van der Waals surface area contributed by atoms with E-state index in [-0.39, 0.29) is 24.7 Å². The van der Waals surface area contributed by atoms with E-state index in [0.717, 1.165) is 19.2 Å². The van der Waals surface area contributed by atoms with Crippen LogP contribution in [0.4, 0.5) is 5.82 Å². The molecular weight excluding hydrogens is 565 g/mol. The van der Waals surface area contributed by atoms with Crippen molar-refractivity contribution in [1.29, 1.82) is 5.26 Å². The molecule has 1 aliphatic heterocycles. The van der Waals surface area contributed by atoms with Gasteiger partial charge in [0.1, 0.15) is 42.1 Å². The van der Waals surface area contributed by atoms with Gasteiger partial charge in [-0.1, -0.05) is 77.6 Å². The molecule has 1 aliphatic rings. The molecule has 3 rings (SSSR count). The minimum atomic E-state index is -4.59. The fourth-order valence-electron chi connectivity index (χ4n) is 4.87. The van der Waals surface area contributed by atoms with Gasteiger partial charge in [0.15, 0.2) is 11.6 Å². The van der Waals surface area contributed by atoms with Gasteiger partial charge < -0.3 is 29.9 Å². The van der Waals surface area contributed by atoms with Crippen molar-refractivity contribution in [3.63, 3.8) is 0 Å². The van der Waals surface area contributed by atoms with Crippen LogP contribution in [0, 0.1) is 11.3 Å². The van der Waals surface area contributed by atoms with Gasteiger partial charge in [-0.15, -0.1) is 0 Å². The van der Waals surface area contributed by atoms with E-state index in [2.05, 4.69) is 17.0 Å². The van der Waals surface area contributed by atoms with Crippen LogP contribution in [-0.4, -0.2) is 61.7 Å². The number of rotatable bonds is 20. The average Bonchev–Trinajstić information content (AvgIpc) is 3.52. The van der Waals surface area contributed by atoms with Gasteiger partial charge >= 0.3 is 7.82 Å². The number of aliphatic hydroxyl groups excluding tert-OH is 2. The number of hydrogen-bond donors (Lipinski definition) is 4. The molecule has 2 aromatic heterocycles. The largest absolute Gasteiger partial charge is 0.527 e. The fourth-order valence-corrected chi connectivity index (χ4v) is 5.47. The maximum atomic E-state index is 12.3. The fraction of sp³-hybridized carbons (Fsp3) is 0.679. The van der Waals surface area contributed by atoms with Crippen LogP contribution < -0.4 is 5.73 Å². The van der Waals surface area contributed by atoms with Crippen LogP contribution in [0.15, 0.2) is 30.5 Å². The number of hydrogen-bond acceptors (Lipinski definition) is 11. The second-order valence-electron chi connectivity index (χ2n) is 10.4. The van der Waals surface area contributed by atoms with E-state index >= 15 is 0 Å². The Morgan fingerprint density at radius 2 is 1.71 bits per heavy atom. The Bertz CT molecular complexity index is 1230. The molecule has 1 fully saturated rings. The lowest BCUT2D eigenvalue weighted by atomic mass is 9.93. The third-order valence-corrected chi connectivity index (χ3v) is 8.12. The summed E-state index contributed by atoms with van der Waals surface area (Å²) < 4.78 is 34.3. The lowest BCUT2D eigenvalue weighted by Gasteiger charge is -2.23. The minimum absolute atomic E-state index is 0.0674. The number of phosphoric acid groups is 1. The second kappa shape index (κ2) is 16.8. The summed E-state index contributed by atoms with van der Waals surface area (Å²) in [5.74, 6) is -0.310. The Labute approximate surface area is 246 Å². The maximum absolute atomic E-state index is 12.3. The zero-order valence-electron chi connectivity index (χ0n) is 24.3. The van der Waals surface area contributed by atoms with Crippen LogP contribution in [0.5, 0.6) is 0 Å². The van der Waals surface area contributed by atoms with E-state index in [1.54, 1.807) is 0 Å².